The Morgan fingerprint density at radius 3 is 2.40 bits per heavy atom. The van der Waals surface area contributed by atoms with Gasteiger partial charge in [0.25, 0.3) is 0 Å². The quantitative estimate of drug-likeness (QED) is 0.407. The number of hydrogen-bond acceptors (Lipinski definition) is 8. The van der Waals surface area contributed by atoms with Crippen LogP contribution in [0.25, 0.3) is 0 Å². The summed E-state index contributed by atoms with van der Waals surface area (Å²) in [6.45, 7) is 7.38. The molecule has 1 saturated carbocycles. The smallest absolute Gasteiger partial charge is 0.420 e. The number of carbonyl (C=O) groups is 4. The van der Waals surface area contributed by atoms with Gasteiger partial charge in [-0.15, -0.1) is 0 Å². The minimum Gasteiger partial charge on any atom is -0.446 e. The zero-order chi connectivity index (χ0) is 30.1. The van der Waals surface area contributed by atoms with E-state index in [0.29, 0.717) is 16.6 Å². The van der Waals surface area contributed by atoms with E-state index in [1.165, 1.54) is 37.7 Å². The Balaban J connectivity index is 1.35. The van der Waals surface area contributed by atoms with Crippen molar-refractivity contribution in [2.24, 2.45) is 5.92 Å². The van der Waals surface area contributed by atoms with Crippen LogP contribution in [-0.4, -0.2) is 88.7 Å². The van der Waals surface area contributed by atoms with E-state index in [-0.39, 0.29) is 18.6 Å². The third-order valence-electron chi connectivity index (χ3n) is 7.94. The summed E-state index contributed by atoms with van der Waals surface area (Å²) < 4.78 is 10.3. The van der Waals surface area contributed by atoms with E-state index in [2.05, 4.69) is 27.7 Å². The number of rotatable bonds is 10. The molecule has 1 aromatic rings. The molecule has 0 spiro atoms. The fourth-order valence-corrected chi connectivity index (χ4v) is 6.94. The molecule has 3 fully saturated rings. The maximum absolute atomic E-state index is 13.5. The first-order chi connectivity index (χ1) is 20.1. The van der Waals surface area contributed by atoms with Crippen LogP contribution in [0.4, 0.5) is 9.59 Å². The average Bonchev–Trinajstić information content (AvgIpc) is 3.35. The van der Waals surface area contributed by atoms with Crippen LogP contribution >= 0.6 is 11.8 Å². The number of likely N-dealkylation sites (tertiary alicyclic amines) is 1. The number of nitrogens with zero attached hydrogens (tertiary/aromatic N) is 2. The highest BCUT2D eigenvalue weighted by Crippen LogP contribution is 2.27. The molecule has 4 rings (SSSR count). The average molecular weight is 603 g/mol. The fourth-order valence-electron chi connectivity index (χ4n) is 5.66. The fraction of sp³-hybridized carbons (Fsp3) is 0.677. The molecule has 2 aliphatic heterocycles. The van der Waals surface area contributed by atoms with Gasteiger partial charge >= 0.3 is 12.2 Å². The van der Waals surface area contributed by atoms with Gasteiger partial charge in [0.1, 0.15) is 18.2 Å². The van der Waals surface area contributed by atoms with Gasteiger partial charge < -0.3 is 20.1 Å². The highest BCUT2D eigenvalue weighted by atomic mass is 32.2. The standard InChI is InChI=1S/C31H46N4O6S/c1-31(2,3)41-30(39)35-26(19-40-29(35)38)28(37)33-25(21-42-20-23-12-8-5-9-13-23)27(36)32-24-14-16-34(17-15-24)18-22-10-6-4-7-11-22/h4,6-7,10-11,23-26H,5,8-9,12-21H2,1-3H3,(H,32,36)(H,33,37)/t25-,26-/m0/s1. The van der Waals surface area contributed by atoms with Crippen LogP contribution < -0.4 is 10.6 Å². The summed E-state index contributed by atoms with van der Waals surface area (Å²) in [6, 6.07) is 8.37. The largest absolute Gasteiger partial charge is 0.446 e. The maximum atomic E-state index is 13.5. The van der Waals surface area contributed by atoms with Crippen molar-refractivity contribution in [3.05, 3.63) is 35.9 Å². The minimum absolute atomic E-state index is 0.0157. The number of carbonyl (C=O) groups excluding carboxylic acids is 4. The first-order valence-corrected chi connectivity index (χ1v) is 16.4. The molecule has 1 aromatic carbocycles. The number of cyclic esters (lactones) is 1. The number of piperidine rings is 1. The SMILES string of the molecule is CC(C)(C)OC(=O)N1C(=O)OC[C@H]1C(=O)N[C@@H](CSCC1CCCCC1)C(=O)NC1CCN(Cc2ccccc2)CC1. The van der Waals surface area contributed by atoms with Crippen LogP contribution in [0.2, 0.25) is 0 Å². The molecule has 2 heterocycles. The molecule has 2 saturated heterocycles. The first-order valence-electron chi connectivity index (χ1n) is 15.2. The van der Waals surface area contributed by atoms with Crippen LogP contribution in [0, 0.1) is 5.92 Å². The van der Waals surface area contributed by atoms with Crippen LogP contribution in [0.3, 0.4) is 0 Å². The first kappa shape index (κ1) is 32.1. The van der Waals surface area contributed by atoms with E-state index in [1.54, 1.807) is 32.5 Å². The van der Waals surface area contributed by atoms with E-state index >= 15 is 0 Å². The molecule has 11 heteroatoms. The van der Waals surface area contributed by atoms with Gasteiger partial charge in [0.05, 0.1) is 0 Å². The zero-order valence-corrected chi connectivity index (χ0v) is 26.0. The van der Waals surface area contributed by atoms with Crippen molar-refractivity contribution in [2.75, 3.05) is 31.2 Å². The molecular formula is C31H46N4O6S. The zero-order valence-electron chi connectivity index (χ0n) is 25.1. The molecule has 232 valence electrons. The summed E-state index contributed by atoms with van der Waals surface area (Å²) in [6.07, 6.45) is 5.93. The van der Waals surface area contributed by atoms with Gasteiger partial charge in [0, 0.05) is 31.4 Å². The monoisotopic (exact) mass is 602 g/mol. The summed E-state index contributed by atoms with van der Waals surface area (Å²) in [7, 11) is 0. The number of amides is 4. The van der Waals surface area contributed by atoms with Crippen molar-refractivity contribution in [3.63, 3.8) is 0 Å². The molecule has 3 aliphatic rings. The van der Waals surface area contributed by atoms with Gasteiger partial charge in [-0.2, -0.15) is 16.7 Å². The number of ether oxygens (including phenoxy) is 2. The van der Waals surface area contributed by atoms with Gasteiger partial charge in [-0.25, -0.2) is 9.59 Å². The number of imide groups is 1. The predicted octanol–water partition coefficient (Wildman–Crippen LogP) is 4.32. The van der Waals surface area contributed by atoms with Gasteiger partial charge in [-0.3, -0.25) is 14.5 Å². The lowest BCUT2D eigenvalue weighted by Crippen LogP contribution is -2.57. The number of nitrogens with one attached hydrogen (secondary N) is 2. The minimum atomic E-state index is -1.20. The highest BCUT2D eigenvalue weighted by Gasteiger charge is 2.45. The molecule has 0 radical (unpaired) electrons. The van der Waals surface area contributed by atoms with E-state index in [0.717, 1.165) is 38.2 Å². The molecule has 0 bridgehead atoms. The molecule has 2 N–H and O–H groups in total. The van der Waals surface area contributed by atoms with Crippen molar-refractivity contribution < 1.29 is 28.7 Å². The predicted molar refractivity (Wildman–Crippen MR) is 162 cm³/mol. The third-order valence-corrected chi connectivity index (χ3v) is 9.22. The number of benzene rings is 1. The number of thioether (sulfide) groups is 1. The summed E-state index contributed by atoms with van der Waals surface area (Å²) >= 11 is 1.67. The second kappa shape index (κ2) is 15.1. The Bertz CT molecular complexity index is 1070. The van der Waals surface area contributed by atoms with Crippen LogP contribution in [0.5, 0.6) is 0 Å². The number of hydrogen-bond donors (Lipinski definition) is 2. The molecule has 0 aromatic heterocycles. The molecule has 0 unspecified atom stereocenters. The molecule has 2 atom stereocenters. The molecule has 1 aliphatic carbocycles. The van der Waals surface area contributed by atoms with E-state index < -0.39 is 35.8 Å². The van der Waals surface area contributed by atoms with E-state index in [9.17, 15) is 19.2 Å². The van der Waals surface area contributed by atoms with Crippen molar-refractivity contribution in [3.8, 4) is 0 Å². The van der Waals surface area contributed by atoms with E-state index in [4.69, 9.17) is 9.47 Å². The second-order valence-corrected chi connectivity index (χ2v) is 13.7. The molecule has 42 heavy (non-hydrogen) atoms. The summed E-state index contributed by atoms with van der Waals surface area (Å²) in [5.74, 6) is 1.13. The van der Waals surface area contributed by atoms with Crippen LogP contribution in [-0.2, 0) is 25.6 Å². The lowest BCUT2D eigenvalue weighted by molar-refractivity contribution is -0.131. The lowest BCUT2D eigenvalue weighted by Gasteiger charge is -2.33. The Morgan fingerprint density at radius 2 is 1.74 bits per heavy atom. The summed E-state index contributed by atoms with van der Waals surface area (Å²) in [4.78, 5) is 55.0. The maximum Gasteiger partial charge on any atom is 0.420 e. The van der Waals surface area contributed by atoms with E-state index in [1.807, 2.05) is 18.2 Å². The Kier molecular flexibility index (Phi) is 11.5. The Morgan fingerprint density at radius 1 is 1.05 bits per heavy atom. The summed E-state index contributed by atoms with van der Waals surface area (Å²) in [5.41, 5.74) is 0.420. The molecule has 10 nitrogen and oxygen atoms in total. The van der Waals surface area contributed by atoms with Crippen LogP contribution in [0.15, 0.2) is 30.3 Å². The van der Waals surface area contributed by atoms with Crippen LogP contribution in [0.1, 0.15) is 71.3 Å². The topological polar surface area (TPSA) is 117 Å². The lowest BCUT2D eigenvalue weighted by atomic mass is 9.91. The third kappa shape index (κ3) is 9.62. The van der Waals surface area contributed by atoms with Gasteiger partial charge in [-0.05, 0) is 63.7 Å². The van der Waals surface area contributed by atoms with Gasteiger partial charge in [-0.1, -0.05) is 49.6 Å². The highest BCUT2D eigenvalue weighted by molar-refractivity contribution is 7.99. The second-order valence-electron chi connectivity index (χ2n) is 12.6. The Hall–Kier alpha value is -2.79. The van der Waals surface area contributed by atoms with Crippen molar-refractivity contribution in [1.82, 2.24) is 20.4 Å². The van der Waals surface area contributed by atoms with Crippen molar-refractivity contribution in [1.29, 1.82) is 0 Å². The molecular weight excluding hydrogens is 556 g/mol. The summed E-state index contributed by atoms with van der Waals surface area (Å²) in [5, 5.41) is 6.00. The normalized spacial score (nSPS) is 21.5. The Labute approximate surface area is 253 Å². The van der Waals surface area contributed by atoms with Gasteiger partial charge in [0.15, 0.2) is 6.04 Å². The van der Waals surface area contributed by atoms with Crippen molar-refractivity contribution >= 4 is 35.8 Å². The van der Waals surface area contributed by atoms with Crippen molar-refractivity contribution in [2.45, 2.75) is 96.0 Å². The van der Waals surface area contributed by atoms with Gasteiger partial charge in [0.2, 0.25) is 11.8 Å². The molecule has 4 amide bonds.